The molecule has 3 heteroatoms. The van der Waals surface area contributed by atoms with Crippen molar-refractivity contribution in [3.05, 3.63) is 0 Å². The van der Waals surface area contributed by atoms with Gasteiger partial charge in [0.25, 0.3) is 0 Å². The number of rotatable bonds is 0. The molecule has 0 aromatic carbocycles. The number of hydrogen-bond donors (Lipinski definition) is 1. The number of likely N-dealkylation sites (tertiary alicyclic amines) is 1. The maximum atomic E-state index is 11.0. The monoisotopic (exact) mass is 129 g/mol. The molecule has 9 heavy (non-hydrogen) atoms. The van der Waals surface area contributed by atoms with E-state index in [9.17, 15) is 4.79 Å². The Morgan fingerprint density at radius 1 is 1.56 bits per heavy atom. The summed E-state index contributed by atoms with van der Waals surface area (Å²) in [4.78, 5) is 11.0. The molecule has 0 spiro atoms. The molecule has 1 saturated heterocycles. The molecule has 52 valence electrons. The van der Waals surface area contributed by atoms with Crippen LogP contribution < -0.4 is 5.32 Å². The minimum atomic E-state index is 0.140. The van der Waals surface area contributed by atoms with Crippen LogP contribution in [-0.2, 0) is 0 Å². The van der Waals surface area contributed by atoms with E-state index in [-0.39, 0.29) is 6.03 Å². The number of amides is 2. The number of carbonyl (C=O) groups is 1. The van der Waals surface area contributed by atoms with Crippen molar-refractivity contribution >= 4 is 6.03 Å². The molecule has 1 aliphatic heterocycles. The van der Waals surface area contributed by atoms with Crippen LogP contribution in [-0.4, -0.2) is 37.7 Å². The van der Waals surface area contributed by atoms with Crippen molar-refractivity contribution in [2.45, 2.75) is 6.42 Å². The van der Waals surface area contributed by atoms with Crippen molar-refractivity contribution in [3.63, 3.8) is 0 Å². The standard InChI is InChI=1S/C6H12N2O/c1-7-6(9)8(2)4-3-5-8/h3-5H2,1-2H3/p+1. The van der Waals surface area contributed by atoms with Crippen LogP contribution in [0.25, 0.3) is 0 Å². The molecule has 1 fully saturated rings. The fraction of sp³-hybridized carbons (Fsp3) is 0.833. The van der Waals surface area contributed by atoms with E-state index in [1.54, 1.807) is 7.05 Å². The van der Waals surface area contributed by atoms with Gasteiger partial charge in [-0.2, -0.15) is 0 Å². The SMILES string of the molecule is CNC(=O)[N+]1(C)CCC1. The smallest absolute Gasteiger partial charge is 0.309 e. The third-order valence-corrected chi connectivity index (χ3v) is 2.01. The second-order valence-electron chi connectivity index (χ2n) is 2.75. The van der Waals surface area contributed by atoms with E-state index in [4.69, 9.17) is 0 Å². The normalized spacial score (nSPS) is 22.4. The lowest BCUT2D eigenvalue weighted by molar-refractivity contribution is -0.870. The van der Waals surface area contributed by atoms with E-state index in [1.165, 1.54) is 6.42 Å². The zero-order valence-electron chi connectivity index (χ0n) is 5.98. The second kappa shape index (κ2) is 1.99. The summed E-state index contributed by atoms with van der Waals surface area (Å²) in [5.41, 5.74) is 0. The van der Waals surface area contributed by atoms with Crippen LogP contribution in [0.1, 0.15) is 6.42 Å². The van der Waals surface area contributed by atoms with Crippen molar-refractivity contribution in [1.29, 1.82) is 0 Å². The lowest BCUT2D eigenvalue weighted by atomic mass is 10.2. The Bertz CT molecular complexity index is 129. The number of nitrogens with one attached hydrogen (secondary N) is 1. The number of carbonyl (C=O) groups excluding carboxylic acids is 1. The summed E-state index contributed by atoms with van der Waals surface area (Å²) in [6.45, 7) is 2.00. The molecule has 1 aliphatic rings. The first kappa shape index (κ1) is 6.55. The van der Waals surface area contributed by atoms with Crippen molar-refractivity contribution in [2.24, 2.45) is 0 Å². The highest BCUT2D eigenvalue weighted by Gasteiger charge is 2.37. The molecule has 1 N–H and O–H groups in total. The highest BCUT2D eigenvalue weighted by Crippen LogP contribution is 2.15. The van der Waals surface area contributed by atoms with Gasteiger partial charge in [-0.3, -0.25) is 0 Å². The van der Waals surface area contributed by atoms with Crippen molar-refractivity contribution in [2.75, 3.05) is 27.2 Å². The molecule has 1 heterocycles. The van der Waals surface area contributed by atoms with Crippen molar-refractivity contribution in [1.82, 2.24) is 5.32 Å². The maximum Gasteiger partial charge on any atom is 0.416 e. The minimum Gasteiger partial charge on any atom is -0.309 e. The van der Waals surface area contributed by atoms with Gasteiger partial charge in [0.2, 0.25) is 0 Å². The molecular weight excluding hydrogens is 116 g/mol. The molecule has 2 amide bonds. The lowest BCUT2D eigenvalue weighted by Gasteiger charge is -2.38. The molecule has 0 aliphatic carbocycles. The Hall–Kier alpha value is -0.570. The predicted octanol–water partition coefficient (Wildman–Crippen LogP) is 0.176. The third-order valence-electron chi connectivity index (χ3n) is 2.01. The van der Waals surface area contributed by atoms with Gasteiger partial charge in [-0.1, -0.05) is 0 Å². The molecule has 0 unspecified atom stereocenters. The zero-order valence-corrected chi connectivity index (χ0v) is 5.98. The number of hydrogen-bond acceptors (Lipinski definition) is 1. The first-order chi connectivity index (χ1) is 4.19. The minimum absolute atomic E-state index is 0.140. The summed E-state index contributed by atoms with van der Waals surface area (Å²) in [5, 5.41) is 2.64. The fourth-order valence-corrected chi connectivity index (χ4v) is 1.11. The Labute approximate surface area is 55.2 Å². The topological polar surface area (TPSA) is 29.1 Å². The maximum absolute atomic E-state index is 11.0. The van der Waals surface area contributed by atoms with Crippen LogP contribution in [0.4, 0.5) is 4.79 Å². The summed E-state index contributed by atoms with van der Waals surface area (Å²) < 4.78 is 0.580. The average Bonchev–Trinajstić information content (AvgIpc) is 1.81. The van der Waals surface area contributed by atoms with Crippen LogP contribution in [0.3, 0.4) is 0 Å². The molecular formula is C6H13N2O+. The summed E-state index contributed by atoms with van der Waals surface area (Å²) in [5.74, 6) is 0. The van der Waals surface area contributed by atoms with Gasteiger partial charge >= 0.3 is 6.03 Å². The lowest BCUT2D eigenvalue weighted by Crippen LogP contribution is -2.61. The van der Waals surface area contributed by atoms with Gasteiger partial charge in [0, 0.05) is 13.5 Å². The van der Waals surface area contributed by atoms with Gasteiger partial charge in [0.05, 0.1) is 20.1 Å². The van der Waals surface area contributed by atoms with Crippen LogP contribution in [0.2, 0.25) is 0 Å². The molecule has 0 atom stereocenters. The Kier molecular flexibility index (Phi) is 1.45. The third kappa shape index (κ3) is 0.920. The predicted molar refractivity (Wildman–Crippen MR) is 35.0 cm³/mol. The van der Waals surface area contributed by atoms with E-state index in [0.717, 1.165) is 13.1 Å². The number of quaternary nitrogens is 1. The highest BCUT2D eigenvalue weighted by atomic mass is 16.2. The molecule has 0 saturated carbocycles. The molecule has 3 nitrogen and oxygen atoms in total. The summed E-state index contributed by atoms with van der Waals surface area (Å²) in [7, 11) is 3.65. The largest absolute Gasteiger partial charge is 0.416 e. The van der Waals surface area contributed by atoms with Crippen molar-refractivity contribution in [3.8, 4) is 0 Å². The second-order valence-corrected chi connectivity index (χ2v) is 2.75. The van der Waals surface area contributed by atoms with E-state index in [0.29, 0.717) is 4.48 Å². The molecule has 0 radical (unpaired) electrons. The highest BCUT2D eigenvalue weighted by molar-refractivity contribution is 5.66. The van der Waals surface area contributed by atoms with Gasteiger partial charge in [-0.25, -0.2) is 9.28 Å². The van der Waals surface area contributed by atoms with Crippen molar-refractivity contribution < 1.29 is 9.28 Å². The molecule has 0 bridgehead atoms. The number of nitrogens with zero attached hydrogens (tertiary/aromatic N) is 1. The number of urea groups is 1. The summed E-state index contributed by atoms with van der Waals surface area (Å²) in [6, 6.07) is 0.140. The van der Waals surface area contributed by atoms with Gasteiger partial charge in [-0.15, -0.1) is 0 Å². The average molecular weight is 129 g/mol. The van der Waals surface area contributed by atoms with Gasteiger partial charge in [0.1, 0.15) is 0 Å². The Morgan fingerprint density at radius 2 is 2.11 bits per heavy atom. The van der Waals surface area contributed by atoms with Crippen LogP contribution in [0.15, 0.2) is 0 Å². The van der Waals surface area contributed by atoms with E-state index in [2.05, 4.69) is 5.32 Å². The van der Waals surface area contributed by atoms with E-state index in [1.807, 2.05) is 7.05 Å². The van der Waals surface area contributed by atoms with Gasteiger partial charge in [-0.05, 0) is 0 Å². The van der Waals surface area contributed by atoms with E-state index >= 15 is 0 Å². The molecule has 0 aromatic rings. The van der Waals surface area contributed by atoms with Gasteiger partial charge < -0.3 is 5.32 Å². The Balaban J connectivity index is 2.49. The molecule has 0 aromatic heterocycles. The van der Waals surface area contributed by atoms with Crippen LogP contribution >= 0.6 is 0 Å². The quantitative estimate of drug-likeness (QED) is 0.464. The summed E-state index contributed by atoms with van der Waals surface area (Å²) >= 11 is 0. The van der Waals surface area contributed by atoms with Gasteiger partial charge in [0.15, 0.2) is 0 Å². The summed E-state index contributed by atoms with van der Waals surface area (Å²) in [6.07, 6.45) is 1.18. The first-order valence-corrected chi connectivity index (χ1v) is 3.26. The molecule has 1 rings (SSSR count). The zero-order chi connectivity index (χ0) is 6.91. The fourth-order valence-electron chi connectivity index (χ4n) is 1.11. The Morgan fingerprint density at radius 3 is 2.22 bits per heavy atom. The first-order valence-electron chi connectivity index (χ1n) is 3.26. The van der Waals surface area contributed by atoms with E-state index < -0.39 is 0 Å². The van der Waals surface area contributed by atoms with Crippen LogP contribution in [0, 0.1) is 0 Å². The van der Waals surface area contributed by atoms with Crippen LogP contribution in [0.5, 0.6) is 0 Å².